The van der Waals surface area contributed by atoms with E-state index in [0.29, 0.717) is 24.1 Å². The van der Waals surface area contributed by atoms with Crippen LogP contribution < -0.4 is 20.3 Å². The van der Waals surface area contributed by atoms with Gasteiger partial charge in [0.1, 0.15) is 6.54 Å². The lowest BCUT2D eigenvalue weighted by atomic mass is 9.96. The van der Waals surface area contributed by atoms with Crippen LogP contribution in [-0.4, -0.2) is 35.7 Å². The van der Waals surface area contributed by atoms with Gasteiger partial charge < -0.3 is 14.8 Å². The summed E-state index contributed by atoms with van der Waals surface area (Å²) in [6, 6.07) is 12.9. The third-order valence-corrected chi connectivity index (χ3v) is 4.89. The van der Waals surface area contributed by atoms with Crippen molar-refractivity contribution in [2.75, 3.05) is 20.3 Å². The molecule has 7 heteroatoms. The van der Waals surface area contributed by atoms with Crippen LogP contribution in [0.2, 0.25) is 0 Å². The zero-order chi connectivity index (χ0) is 19.5. The third-order valence-electron chi connectivity index (χ3n) is 4.89. The van der Waals surface area contributed by atoms with Crippen molar-refractivity contribution < 1.29 is 14.3 Å². The number of aromatic nitrogens is 2. The van der Waals surface area contributed by atoms with E-state index in [0.717, 1.165) is 23.5 Å². The van der Waals surface area contributed by atoms with Crippen LogP contribution in [0.5, 0.6) is 11.5 Å². The molecule has 1 aromatic heterocycles. The Morgan fingerprint density at radius 2 is 2.14 bits per heavy atom. The summed E-state index contributed by atoms with van der Waals surface area (Å²) in [7, 11) is 1.62. The second kappa shape index (κ2) is 7.72. The molecule has 28 heavy (non-hydrogen) atoms. The molecule has 0 saturated carbocycles. The van der Waals surface area contributed by atoms with Crippen molar-refractivity contribution in [3.05, 3.63) is 64.7 Å². The van der Waals surface area contributed by atoms with Gasteiger partial charge in [-0.25, -0.2) is 4.98 Å². The first-order valence-corrected chi connectivity index (χ1v) is 9.15. The van der Waals surface area contributed by atoms with Crippen LogP contribution in [0.1, 0.15) is 5.56 Å². The number of hydrogen-bond donors (Lipinski definition) is 1. The maximum atomic E-state index is 12.5. The number of para-hydroxylation sites is 2. The minimum Gasteiger partial charge on any atom is -0.493 e. The summed E-state index contributed by atoms with van der Waals surface area (Å²) in [5.41, 5.74) is 1.47. The SMILES string of the molecule is COc1cccc2c1OC[C@H](CNC(=O)Cn1cnc3ccccc3c1=O)C2. The Labute approximate surface area is 161 Å². The van der Waals surface area contributed by atoms with E-state index in [1.54, 1.807) is 25.3 Å². The minimum absolute atomic E-state index is 0.0609. The molecule has 1 amide bonds. The van der Waals surface area contributed by atoms with Crippen molar-refractivity contribution in [3.8, 4) is 11.5 Å². The highest BCUT2D eigenvalue weighted by Crippen LogP contribution is 2.35. The summed E-state index contributed by atoms with van der Waals surface area (Å²) in [6.07, 6.45) is 2.21. The van der Waals surface area contributed by atoms with Gasteiger partial charge >= 0.3 is 0 Å². The molecule has 4 rings (SSSR count). The van der Waals surface area contributed by atoms with Gasteiger partial charge in [-0.1, -0.05) is 24.3 Å². The molecule has 1 atom stereocenters. The molecule has 0 aliphatic carbocycles. The average Bonchev–Trinajstić information content (AvgIpc) is 2.73. The number of rotatable bonds is 5. The average molecular weight is 379 g/mol. The second-order valence-electron chi connectivity index (χ2n) is 6.83. The lowest BCUT2D eigenvalue weighted by molar-refractivity contribution is -0.122. The van der Waals surface area contributed by atoms with E-state index in [1.165, 1.54) is 10.9 Å². The van der Waals surface area contributed by atoms with Gasteiger partial charge in [-0.05, 0) is 30.2 Å². The fourth-order valence-electron chi connectivity index (χ4n) is 3.44. The van der Waals surface area contributed by atoms with Crippen molar-refractivity contribution in [1.82, 2.24) is 14.9 Å². The van der Waals surface area contributed by atoms with E-state index in [-0.39, 0.29) is 23.9 Å². The molecule has 0 radical (unpaired) electrons. The summed E-state index contributed by atoms with van der Waals surface area (Å²) in [4.78, 5) is 29.0. The maximum Gasteiger partial charge on any atom is 0.261 e. The lowest BCUT2D eigenvalue weighted by Gasteiger charge is -2.26. The minimum atomic E-state index is -0.226. The molecule has 0 unspecified atom stereocenters. The first-order valence-electron chi connectivity index (χ1n) is 9.15. The smallest absolute Gasteiger partial charge is 0.261 e. The fraction of sp³-hybridized carbons (Fsp3) is 0.286. The molecule has 1 aliphatic heterocycles. The number of ether oxygens (including phenoxy) is 2. The third kappa shape index (κ3) is 3.55. The standard InChI is InChI=1S/C21H21N3O4/c1-27-18-8-4-5-15-9-14(12-28-20(15)18)10-22-19(25)11-24-13-23-17-7-3-2-6-16(17)21(24)26/h2-8,13-14H,9-12H2,1H3,(H,22,25)/t14-/m0/s1. The van der Waals surface area contributed by atoms with Crippen LogP contribution in [0.4, 0.5) is 0 Å². The number of nitrogens with one attached hydrogen (secondary N) is 1. The van der Waals surface area contributed by atoms with Gasteiger partial charge in [-0.2, -0.15) is 0 Å². The summed E-state index contributed by atoms with van der Waals surface area (Å²) in [5, 5.41) is 3.40. The number of benzene rings is 2. The second-order valence-corrected chi connectivity index (χ2v) is 6.83. The molecule has 2 heterocycles. The summed E-state index contributed by atoms with van der Waals surface area (Å²) >= 11 is 0. The van der Waals surface area contributed by atoms with Crippen LogP contribution >= 0.6 is 0 Å². The number of carbonyl (C=O) groups excluding carboxylic acids is 1. The summed E-state index contributed by atoms with van der Waals surface area (Å²) in [5.74, 6) is 1.44. The van der Waals surface area contributed by atoms with E-state index >= 15 is 0 Å². The van der Waals surface area contributed by atoms with Crippen molar-refractivity contribution in [2.45, 2.75) is 13.0 Å². The van der Waals surface area contributed by atoms with Crippen LogP contribution in [0.3, 0.4) is 0 Å². The highest BCUT2D eigenvalue weighted by Gasteiger charge is 2.23. The van der Waals surface area contributed by atoms with E-state index in [9.17, 15) is 9.59 Å². The zero-order valence-corrected chi connectivity index (χ0v) is 15.6. The molecule has 144 valence electrons. The number of methoxy groups -OCH3 is 1. The Hall–Kier alpha value is -3.35. The molecule has 0 fully saturated rings. The Morgan fingerprint density at radius 3 is 3.00 bits per heavy atom. The number of fused-ring (bicyclic) bond motifs is 2. The molecule has 1 N–H and O–H groups in total. The Bertz CT molecular complexity index is 1080. The van der Waals surface area contributed by atoms with Crippen molar-refractivity contribution in [3.63, 3.8) is 0 Å². The van der Waals surface area contributed by atoms with E-state index in [1.807, 2.05) is 24.3 Å². The number of nitrogens with zero attached hydrogens (tertiary/aromatic N) is 2. The normalized spacial score (nSPS) is 15.5. The van der Waals surface area contributed by atoms with Crippen molar-refractivity contribution in [1.29, 1.82) is 0 Å². The summed E-state index contributed by atoms with van der Waals surface area (Å²) < 4.78 is 12.5. The van der Waals surface area contributed by atoms with Crippen molar-refractivity contribution in [2.24, 2.45) is 5.92 Å². The number of amides is 1. The lowest BCUT2D eigenvalue weighted by Crippen LogP contribution is -2.38. The van der Waals surface area contributed by atoms with E-state index in [2.05, 4.69) is 10.3 Å². The quantitative estimate of drug-likeness (QED) is 0.731. The Kier molecular flexibility index (Phi) is 4.97. The van der Waals surface area contributed by atoms with Gasteiger partial charge in [0.2, 0.25) is 5.91 Å². The molecular formula is C21H21N3O4. The molecule has 2 aromatic carbocycles. The van der Waals surface area contributed by atoms with Gasteiger partial charge in [-0.15, -0.1) is 0 Å². The molecule has 7 nitrogen and oxygen atoms in total. The molecular weight excluding hydrogens is 358 g/mol. The molecule has 0 saturated heterocycles. The first-order chi connectivity index (χ1) is 13.7. The fourth-order valence-corrected chi connectivity index (χ4v) is 3.44. The van der Waals surface area contributed by atoms with Gasteiger partial charge in [0, 0.05) is 12.5 Å². The van der Waals surface area contributed by atoms with E-state index in [4.69, 9.17) is 9.47 Å². The predicted octanol–water partition coefficient (Wildman–Crippen LogP) is 1.77. The predicted molar refractivity (Wildman–Crippen MR) is 105 cm³/mol. The molecule has 3 aromatic rings. The highest BCUT2D eigenvalue weighted by atomic mass is 16.5. The number of hydrogen-bond acceptors (Lipinski definition) is 5. The highest BCUT2D eigenvalue weighted by molar-refractivity contribution is 5.78. The zero-order valence-electron chi connectivity index (χ0n) is 15.6. The largest absolute Gasteiger partial charge is 0.493 e. The van der Waals surface area contributed by atoms with Crippen LogP contribution in [0.25, 0.3) is 10.9 Å². The monoisotopic (exact) mass is 379 g/mol. The number of carbonyl (C=O) groups is 1. The topological polar surface area (TPSA) is 82.4 Å². The van der Waals surface area contributed by atoms with Crippen molar-refractivity contribution >= 4 is 16.8 Å². The van der Waals surface area contributed by atoms with Gasteiger partial charge in [0.15, 0.2) is 11.5 Å². The Morgan fingerprint density at radius 1 is 1.29 bits per heavy atom. The van der Waals surface area contributed by atoms with Crippen LogP contribution in [0, 0.1) is 5.92 Å². The Balaban J connectivity index is 1.38. The van der Waals surface area contributed by atoms with Crippen LogP contribution in [-0.2, 0) is 17.8 Å². The molecule has 1 aliphatic rings. The maximum absolute atomic E-state index is 12.5. The van der Waals surface area contributed by atoms with Gasteiger partial charge in [0.25, 0.3) is 5.56 Å². The van der Waals surface area contributed by atoms with E-state index < -0.39 is 0 Å². The van der Waals surface area contributed by atoms with Gasteiger partial charge in [-0.3, -0.25) is 14.2 Å². The molecule has 0 spiro atoms. The van der Waals surface area contributed by atoms with Gasteiger partial charge in [0.05, 0.1) is 30.9 Å². The summed E-state index contributed by atoms with van der Waals surface area (Å²) in [6.45, 7) is 0.922. The molecule has 0 bridgehead atoms. The first kappa shape index (κ1) is 18.0. The van der Waals surface area contributed by atoms with Crippen LogP contribution in [0.15, 0.2) is 53.6 Å².